The van der Waals surface area contributed by atoms with Crippen molar-refractivity contribution in [2.45, 2.75) is 38.8 Å². The van der Waals surface area contributed by atoms with Gasteiger partial charge >= 0.3 is 0 Å². The third-order valence-electron chi connectivity index (χ3n) is 3.79. The van der Waals surface area contributed by atoms with Crippen molar-refractivity contribution in [1.29, 1.82) is 0 Å². The van der Waals surface area contributed by atoms with Crippen molar-refractivity contribution in [2.75, 3.05) is 26.3 Å². The monoisotopic (exact) mass is 279 g/mol. The predicted octanol–water partition coefficient (Wildman–Crippen LogP) is 1.50. The normalized spacial score (nSPS) is 21.1. The Labute approximate surface area is 121 Å². The van der Waals surface area contributed by atoms with E-state index in [1.54, 1.807) is 0 Å². The Kier molecular flexibility index (Phi) is 5.40. The average molecular weight is 279 g/mol. The molecule has 0 saturated carbocycles. The maximum absolute atomic E-state index is 10.1. The SMILES string of the molecule is Cc1cc(C)cc(OCC(O)CN2CCCC2CO)c1. The maximum Gasteiger partial charge on any atom is 0.119 e. The summed E-state index contributed by atoms with van der Waals surface area (Å²) in [5.41, 5.74) is 2.32. The van der Waals surface area contributed by atoms with Crippen LogP contribution in [0.3, 0.4) is 0 Å². The Morgan fingerprint density at radius 1 is 1.30 bits per heavy atom. The van der Waals surface area contributed by atoms with E-state index in [9.17, 15) is 10.2 Å². The van der Waals surface area contributed by atoms with Gasteiger partial charge in [-0.25, -0.2) is 0 Å². The van der Waals surface area contributed by atoms with Crippen LogP contribution in [-0.4, -0.2) is 53.6 Å². The van der Waals surface area contributed by atoms with Gasteiger partial charge in [0.2, 0.25) is 0 Å². The van der Waals surface area contributed by atoms with Gasteiger partial charge in [0.15, 0.2) is 0 Å². The second-order valence-corrected chi connectivity index (χ2v) is 5.76. The Hall–Kier alpha value is -1.10. The van der Waals surface area contributed by atoms with E-state index in [1.807, 2.05) is 26.0 Å². The number of aliphatic hydroxyl groups excluding tert-OH is 2. The molecule has 1 aromatic carbocycles. The molecule has 1 saturated heterocycles. The van der Waals surface area contributed by atoms with Gasteiger partial charge in [0, 0.05) is 12.6 Å². The largest absolute Gasteiger partial charge is 0.491 e. The Morgan fingerprint density at radius 2 is 2.00 bits per heavy atom. The van der Waals surface area contributed by atoms with Crippen LogP contribution in [0.1, 0.15) is 24.0 Å². The molecular weight excluding hydrogens is 254 g/mol. The van der Waals surface area contributed by atoms with Crippen molar-refractivity contribution < 1.29 is 14.9 Å². The number of hydrogen-bond donors (Lipinski definition) is 2. The number of ether oxygens (including phenoxy) is 1. The Balaban J connectivity index is 1.81. The topological polar surface area (TPSA) is 52.9 Å². The number of hydrogen-bond acceptors (Lipinski definition) is 4. The summed E-state index contributed by atoms with van der Waals surface area (Å²) in [5.74, 6) is 0.807. The van der Waals surface area contributed by atoms with E-state index >= 15 is 0 Å². The molecule has 1 aliphatic rings. The summed E-state index contributed by atoms with van der Waals surface area (Å²) in [7, 11) is 0. The van der Waals surface area contributed by atoms with E-state index < -0.39 is 6.10 Å². The van der Waals surface area contributed by atoms with Gasteiger partial charge in [0.1, 0.15) is 18.5 Å². The summed E-state index contributed by atoms with van der Waals surface area (Å²) in [6.45, 7) is 6.04. The van der Waals surface area contributed by atoms with Crippen LogP contribution in [0.25, 0.3) is 0 Å². The molecule has 0 aromatic heterocycles. The van der Waals surface area contributed by atoms with E-state index in [0.717, 1.165) is 36.3 Å². The highest BCUT2D eigenvalue weighted by atomic mass is 16.5. The summed E-state index contributed by atoms with van der Waals surface area (Å²) in [5, 5.41) is 19.3. The first kappa shape index (κ1) is 15.3. The first-order chi connectivity index (χ1) is 9.58. The second kappa shape index (κ2) is 7.07. The zero-order valence-corrected chi connectivity index (χ0v) is 12.4. The van der Waals surface area contributed by atoms with Crippen LogP contribution in [0.5, 0.6) is 5.75 Å². The van der Waals surface area contributed by atoms with Gasteiger partial charge in [-0.05, 0) is 56.5 Å². The molecule has 0 bridgehead atoms. The minimum atomic E-state index is -0.525. The molecular formula is C16H25NO3. The number of benzene rings is 1. The molecule has 2 N–H and O–H groups in total. The van der Waals surface area contributed by atoms with E-state index in [4.69, 9.17) is 4.74 Å². The molecule has 20 heavy (non-hydrogen) atoms. The number of nitrogens with zero attached hydrogens (tertiary/aromatic N) is 1. The lowest BCUT2D eigenvalue weighted by molar-refractivity contribution is 0.0532. The molecule has 1 fully saturated rings. The van der Waals surface area contributed by atoms with Crippen LogP contribution in [0.2, 0.25) is 0 Å². The van der Waals surface area contributed by atoms with Crippen LogP contribution >= 0.6 is 0 Å². The summed E-state index contributed by atoms with van der Waals surface area (Å²) in [6.07, 6.45) is 1.58. The minimum absolute atomic E-state index is 0.171. The van der Waals surface area contributed by atoms with E-state index in [-0.39, 0.29) is 19.3 Å². The Bertz CT molecular complexity index is 415. The zero-order valence-electron chi connectivity index (χ0n) is 12.4. The van der Waals surface area contributed by atoms with Crippen LogP contribution < -0.4 is 4.74 Å². The fourth-order valence-electron chi connectivity index (χ4n) is 2.87. The van der Waals surface area contributed by atoms with Crippen molar-refractivity contribution in [3.63, 3.8) is 0 Å². The van der Waals surface area contributed by atoms with Crippen LogP contribution in [0, 0.1) is 13.8 Å². The van der Waals surface area contributed by atoms with E-state index in [0.29, 0.717) is 6.54 Å². The summed E-state index contributed by atoms with van der Waals surface area (Å²) < 4.78 is 5.67. The lowest BCUT2D eigenvalue weighted by atomic mass is 10.1. The highest BCUT2D eigenvalue weighted by Crippen LogP contribution is 2.18. The molecule has 2 unspecified atom stereocenters. The lowest BCUT2D eigenvalue weighted by Gasteiger charge is -2.25. The zero-order chi connectivity index (χ0) is 14.5. The molecule has 0 spiro atoms. The predicted molar refractivity (Wildman–Crippen MR) is 79.1 cm³/mol. The molecule has 0 radical (unpaired) electrons. The summed E-state index contributed by atoms with van der Waals surface area (Å²) in [6, 6.07) is 6.25. The van der Waals surface area contributed by atoms with Crippen molar-refractivity contribution >= 4 is 0 Å². The van der Waals surface area contributed by atoms with Crippen molar-refractivity contribution in [2.24, 2.45) is 0 Å². The minimum Gasteiger partial charge on any atom is -0.491 e. The van der Waals surface area contributed by atoms with Gasteiger partial charge in [0.05, 0.1) is 6.61 Å². The standard InChI is InChI=1S/C16H25NO3/c1-12-6-13(2)8-16(7-12)20-11-15(19)9-17-5-3-4-14(17)10-18/h6-8,14-15,18-19H,3-5,9-11H2,1-2H3. The summed E-state index contributed by atoms with van der Waals surface area (Å²) in [4.78, 5) is 2.15. The highest BCUT2D eigenvalue weighted by molar-refractivity contribution is 5.32. The van der Waals surface area contributed by atoms with Crippen molar-refractivity contribution in [1.82, 2.24) is 4.90 Å². The van der Waals surface area contributed by atoms with Crippen LogP contribution in [0.4, 0.5) is 0 Å². The Morgan fingerprint density at radius 3 is 2.65 bits per heavy atom. The summed E-state index contributed by atoms with van der Waals surface area (Å²) >= 11 is 0. The number of likely N-dealkylation sites (tertiary alicyclic amines) is 1. The van der Waals surface area contributed by atoms with Crippen molar-refractivity contribution in [3.05, 3.63) is 29.3 Å². The molecule has 112 valence electrons. The molecule has 1 aromatic rings. The first-order valence-electron chi connectivity index (χ1n) is 7.32. The molecule has 1 aliphatic heterocycles. The number of aliphatic hydroxyl groups is 2. The number of rotatable bonds is 6. The fraction of sp³-hybridized carbons (Fsp3) is 0.625. The molecule has 0 amide bonds. The second-order valence-electron chi connectivity index (χ2n) is 5.76. The maximum atomic E-state index is 10.1. The third-order valence-corrected chi connectivity index (χ3v) is 3.79. The van der Waals surface area contributed by atoms with E-state index in [1.165, 1.54) is 0 Å². The fourth-order valence-corrected chi connectivity index (χ4v) is 2.87. The lowest BCUT2D eigenvalue weighted by Crippen LogP contribution is -2.40. The smallest absolute Gasteiger partial charge is 0.119 e. The number of aryl methyl sites for hydroxylation is 2. The molecule has 2 rings (SSSR count). The van der Waals surface area contributed by atoms with Gasteiger partial charge in [-0.1, -0.05) is 6.07 Å². The van der Waals surface area contributed by atoms with Crippen molar-refractivity contribution in [3.8, 4) is 5.75 Å². The quantitative estimate of drug-likeness (QED) is 0.828. The molecule has 0 aliphatic carbocycles. The van der Waals surface area contributed by atoms with Crippen LogP contribution in [-0.2, 0) is 0 Å². The third kappa shape index (κ3) is 4.20. The molecule has 4 nitrogen and oxygen atoms in total. The molecule has 2 atom stereocenters. The molecule has 4 heteroatoms. The molecule has 1 heterocycles. The average Bonchev–Trinajstić information content (AvgIpc) is 2.82. The van der Waals surface area contributed by atoms with Gasteiger partial charge in [-0.15, -0.1) is 0 Å². The van der Waals surface area contributed by atoms with Gasteiger partial charge in [0.25, 0.3) is 0 Å². The van der Waals surface area contributed by atoms with Gasteiger partial charge < -0.3 is 14.9 Å². The van der Waals surface area contributed by atoms with Crippen LogP contribution in [0.15, 0.2) is 18.2 Å². The van der Waals surface area contributed by atoms with Gasteiger partial charge in [-0.3, -0.25) is 4.90 Å². The van der Waals surface area contributed by atoms with Gasteiger partial charge in [-0.2, -0.15) is 0 Å². The highest BCUT2D eigenvalue weighted by Gasteiger charge is 2.25. The first-order valence-corrected chi connectivity index (χ1v) is 7.32. The van der Waals surface area contributed by atoms with E-state index in [2.05, 4.69) is 11.0 Å². The number of β-amino-alcohol motifs (C(OH)–C–C–N with tert-alkyl or cyclic N) is 1.